The highest BCUT2D eigenvalue weighted by molar-refractivity contribution is 7.48. The summed E-state index contributed by atoms with van der Waals surface area (Å²) in [4.78, 5) is 21.0. The minimum atomic E-state index is -3.08. The van der Waals surface area contributed by atoms with E-state index in [0.717, 1.165) is 45.8 Å². The van der Waals surface area contributed by atoms with Gasteiger partial charge in [0.1, 0.15) is 17.9 Å². The van der Waals surface area contributed by atoms with Gasteiger partial charge in [0.25, 0.3) is 0 Å². The van der Waals surface area contributed by atoms with E-state index in [4.69, 9.17) is 29.0 Å². The molecule has 9 nitrogen and oxygen atoms in total. The molecule has 254 valence electrons. The molecule has 2 N–H and O–H groups in total. The van der Waals surface area contributed by atoms with Gasteiger partial charge >= 0.3 is 11.6 Å². The van der Waals surface area contributed by atoms with E-state index in [2.05, 4.69) is 16.0 Å². The minimum Gasteiger partial charge on any atom is -0.491 e. The number of rotatable bonds is 19. The van der Waals surface area contributed by atoms with E-state index in [1.165, 1.54) is 5.56 Å². The molecule has 2 aromatic heterocycles. The van der Waals surface area contributed by atoms with Gasteiger partial charge < -0.3 is 29.0 Å². The Balaban J connectivity index is 1.30. The SMILES string of the molecule is CCOC(=O)CCc1ccc2c(c1)nc(N)c1ncc(CCc3ccc(OCCOCCC(F)(F)P(OCC)OCC)cc3C)cc12. The van der Waals surface area contributed by atoms with Crippen LogP contribution in [-0.4, -0.2) is 61.2 Å². The van der Waals surface area contributed by atoms with Crippen LogP contribution in [0.2, 0.25) is 0 Å². The number of pyridine rings is 2. The lowest BCUT2D eigenvalue weighted by Gasteiger charge is -2.24. The first-order chi connectivity index (χ1) is 22.6. The second kappa shape index (κ2) is 17.6. The van der Waals surface area contributed by atoms with Crippen molar-refractivity contribution in [3.63, 3.8) is 0 Å². The summed E-state index contributed by atoms with van der Waals surface area (Å²) in [5.74, 6) is 0.845. The molecular formula is C35H44F2N3O6P. The molecule has 4 rings (SSSR count). The van der Waals surface area contributed by atoms with Crippen LogP contribution in [-0.2, 0) is 42.6 Å². The molecule has 0 saturated carbocycles. The number of ether oxygens (including phenoxy) is 3. The summed E-state index contributed by atoms with van der Waals surface area (Å²) in [6, 6.07) is 14.0. The van der Waals surface area contributed by atoms with Gasteiger partial charge in [-0.25, -0.2) is 4.98 Å². The number of anilines is 1. The van der Waals surface area contributed by atoms with Crippen molar-refractivity contribution in [2.45, 2.75) is 65.5 Å². The van der Waals surface area contributed by atoms with Crippen LogP contribution in [0.3, 0.4) is 0 Å². The molecule has 12 heteroatoms. The number of carbonyl (C=O) groups excluding carboxylic acids is 1. The maximum Gasteiger partial charge on any atom is 0.317 e. The summed E-state index contributed by atoms with van der Waals surface area (Å²) in [6.07, 6.45) is 3.83. The molecule has 0 spiro atoms. The van der Waals surface area contributed by atoms with Crippen LogP contribution in [0.1, 0.15) is 55.9 Å². The maximum atomic E-state index is 14.4. The van der Waals surface area contributed by atoms with Crippen molar-refractivity contribution in [3.05, 3.63) is 70.9 Å². The fourth-order valence-electron chi connectivity index (χ4n) is 5.15. The summed E-state index contributed by atoms with van der Waals surface area (Å²) in [7, 11) is -2.28. The van der Waals surface area contributed by atoms with Crippen LogP contribution in [0.25, 0.3) is 21.8 Å². The van der Waals surface area contributed by atoms with Crippen LogP contribution in [0, 0.1) is 6.92 Å². The highest BCUT2D eigenvalue weighted by Gasteiger charge is 2.42. The lowest BCUT2D eigenvalue weighted by Crippen LogP contribution is -2.20. The highest BCUT2D eigenvalue weighted by atomic mass is 31.2. The van der Waals surface area contributed by atoms with E-state index in [1.54, 1.807) is 20.8 Å². The molecule has 4 aromatic rings. The molecule has 0 saturated heterocycles. The van der Waals surface area contributed by atoms with Gasteiger partial charge in [0.05, 0.1) is 38.6 Å². The average molecular weight is 672 g/mol. The number of aromatic nitrogens is 2. The highest BCUT2D eigenvalue weighted by Crippen LogP contribution is 2.55. The standard InChI is InChI=1S/C35H44F2N3O6P/c1-5-43-32(41)15-10-25-9-14-29-30-21-26(23-39-33(30)34(38)40-31(29)22-25)8-11-27-12-13-28(20-24(27)4)44-19-18-42-17-16-35(36,37)47(45-6-2)46-7-3/h9,12-14,20-23H,5-8,10-11,15-19H2,1-4H3,(H2,38,40). The van der Waals surface area contributed by atoms with Crippen molar-refractivity contribution >= 4 is 42.0 Å². The first-order valence-corrected chi connectivity index (χ1v) is 17.2. The third-order valence-electron chi connectivity index (χ3n) is 7.50. The van der Waals surface area contributed by atoms with Gasteiger partial charge in [-0.3, -0.25) is 9.78 Å². The van der Waals surface area contributed by atoms with Crippen molar-refractivity contribution in [3.8, 4) is 5.75 Å². The number of nitrogen functional groups attached to an aromatic ring is 1. The number of nitrogens with two attached hydrogens (primary N) is 1. The topological polar surface area (TPSA) is 115 Å². The number of benzene rings is 2. The molecular weight excluding hydrogens is 627 g/mol. The molecule has 2 aromatic carbocycles. The Morgan fingerprint density at radius 3 is 2.40 bits per heavy atom. The number of fused-ring (bicyclic) bond motifs is 3. The molecule has 0 atom stereocenters. The summed E-state index contributed by atoms with van der Waals surface area (Å²) >= 11 is 0. The second-order valence-corrected chi connectivity index (χ2v) is 12.6. The first kappa shape index (κ1) is 36.3. The van der Waals surface area contributed by atoms with E-state index >= 15 is 0 Å². The van der Waals surface area contributed by atoms with Crippen LogP contribution >= 0.6 is 8.38 Å². The van der Waals surface area contributed by atoms with Crippen molar-refractivity contribution in [1.29, 1.82) is 0 Å². The van der Waals surface area contributed by atoms with Crippen molar-refractivity contribution in [1.82, 2.24) is 9.97 Å². The molecule has 0 amide bonds. The molecule has 0 aliphatic heterocycles. The molecule has 0 aliphatic carbocycles. The lowest BCUT2D eigenvalue weighted by molar-refractivity contribution is -0.143. The van der Waals surface area contributed by atoms with E-state index in [-0.39, 0.29) is 39.0 Å². The zero-order valence-corrected chi connectivity index (χ0v) is 28.4. The fourth-order valence-corrected chi connectivity index (χ4v) is 6.35. The van der Waals surface area contributed by atoms with Crippen LogP contribution in [0.5, 0.6) is 5.75 Å². The number of esters is 1. The molecule has 0 fully saturated rings. The molecule has 0 aliphatic rings. The van der Waals surface area contributed by atoms with E-state index in [9.17, 15) is 13.6 Å². The van der Waals surface area contributed by atoms with Crippen LogP contribution in [0.4, 0.5) is 14.6 Å². The summed E-state index contributed by atoms with van der Waals surface area (Å²) in [5, 5.41) is 1.90. The number of halogens is 2. The summed E-state index contributed by atoms with van der Waals surface area (Å²) in [6.45, 7) is 8.20. The third kappa shape index (κ3) is 10.2. The van der Waals surface area contributed by atoms with Crippen molar-refractivity contribution in [2.24, 2.45) is 0 Å². The van der Waals surface area contributed by atoms with Gasteiger partial charge in [0.2, 0.25) is 8.38 Å². The Labute approximate surface area is 276 Å². The van der Waals surface area contributed by atoms with Crippen molar-refractivity contribution in [2.75, 3.05) is 45.4 Å². The number of hydrogen-bond acceptors (Lipinski definition) is 9. The minimum absolute atomic E-state index is 0.117. The van der Waals surface area contributed by atoms with Gasteiger partial charge in [-0.15, -0.1) is 0 Å². The summed E-state index contributed by atoms with van der Waals surface area (Å²) < 4.78 is 55.1. The Hall–Kier alpha value is -3.50. The third-order valence-corrected chi connectivity index (χ3v) is 9.25. The number of aryl methyl sites for hydroxylation is 4. The predicted molar refractivity (Wildman–Crippen MR) is 181 cm³/mol. The van der Waals surface area contributed by atoms with Gasteiger partial charge in [0, 0.05) is 29.8 Å². The normalized spacial score (nSPS) is 11.9. The molecule has 47 heavy (non-hydrogen) atoms. The van der Waals surface area contributed by atoms with Gasteiger partial charge in [-0.1, -0.05) is 18.2 Å². The average Bonchev–Trinajstić information content (AvgIpc) is 3.05. The zero-order valence-electron chi connectivity index (χ0n) is 27.5. The zero-order chi connectivity index (χ0) is 33.8. The van der Waals surface area contributed by atoms with Crippen LogP contribution in [0.15, 0.2) is 48.7 Å². The molecule has 0 bridgehead atoms. The molecule has 0 unspecified atom stereocenters. The number of nitrogens with zero attached hydrogens (tertiary/aromatic N) is 2. The molecule has 2 heterocycles. The largest absolute Gasteiger partial charge is 0.491 e. The van der Waals surface area contributed by atoms with Gasteiger partial charge in [-0.05, 0) is 93.5 Å². The number of alkyl halides is 2. The Morgan fingerprint density at radius 2 is 1.68 bits per heavy atom. The maximum absolute atomic E-state index is 14.4. The fraction of sp³-hybridized carbons (Fsp3) is 0.457. The van der Waals surface area contributed by atoms with Crippen molar-refractivity contribution < 1.29 is 36.8 Å². The quantitative estimate of drug-likeness (QED) is 0.0463. The second-order valence-electron chi connectivity index (χ2n) is 11.0. The number of hydrogen-bond donors (Lipinski definition) is 1. The van der Waals surface area contributed by atoms with E-state index in [1.807, 2.05) is 49.5 Å². The molecule has 0 radical (unpaired) electrons. The number of carbonyl (C=O) groups is 1. The van der Waals surface area contributed by atoms with E-state index < -0.39 is 20.5 Å². The Kier molecular flexibility index (Phi) is 13.6. The summed E-state index contributed by atoms with van der Waals surface area (Å²) in [5.41, 5.74) is 8.98. The smallest absolute Gasteiger partial charge is 0.317 e. The Bertz CT molecular complexity index is 1630. The van der Waals surface area contributed by atoms with Crippen LogP contribution < -0.4 is 10.5 Å². The predicted octanol–water partition coefficient (Wildman–Crippen LogP) is 7.72. The van der Waals surface area contributed by atoms with Gasteiger partial charge in [-0.2, -0.15) is 8.78 Å². The lowest BCUT2D eigenvalue weighted by atomic mass is 9.99. The van der Waals surface area contributed by atoms with Gasteiger partial charge in [0.15, 0.2) is 5.82 Å². The first-order valence-electron chi connectivity index (χ1n) is 16.0. The Morgan fingerprint density at radius 1 is 0.894 bits per heavy atom. The monoisotopic (exact) mass is 671 g/mol. The van der Waals surface area contributed by atoms with E-state index in [0.29, 0.717) is 36.5 Å².